The van der Waals surface area contributed by atoms with E-state index >= 15 is 0 Å². The molecular weight excluding hydrogens is 917 g/mol. The van der Waals surface area contributed by atoms with Crippen molar-refractivity contribution in [3.05, 3.63) is 273 Å². The van der Waals surface area contributed by atoms with Crippen molar-refractivity contribution in [3.8, 4) is 107 Å². The largest absolute Gasteiger partial charge is 0.308 e. The van der Waals surface area contributed by atoms with Gasteiger partial charge in [-0.1, -0.05) is 218 Å². The molecule has 13 aromatic rings. The van der Waals surface area contributed by atoms with Gasteiger partial charge in [0, 0.05) is 43.5 Å². The molecule has 0 saturated heterocycles. The first-order valence-corrected chi connectivity index (χ1v) is 25.3. The van der Waals surface area contributed by atoms with E-state index in [0.29, 0.717) is 17.5 Å². The Morgan fingerprint density at radius 2 is 0.622 bits per heavy atom. The third-order valence-electron chi connectivity index (χ3n) is 13.9. The fraction of sp³-hybridized carbons (Fsp3) is 0. The SMILES string of the molecule is Sc1ccccc1-c1ccc2c(c1)c1ccccc1n2-c1c(-c2ccccc2)cc(-c2nc(-c3ccc(-c4ccccc4)cc3)nc(-c3cc(-c4ccccc4)cc(-c4ccccc4)c3)n2)cc1-c1ccccc1. The van der Waals surface area contributed by atoms with Crippen LogP contribution in [0.2, 0.25) is 0 Å². The average molecular weight is 963 g/mol. The first-order chi connectivity index (χ1) is 36.6. The maximum atomic E-state index is 5.51. The van der Waals surface area contributed by atoms with Crippen molar-refractivity contribution in [1.82, 2.24) is 19.5 Å². The lowest BCUT2D eigenvalue weighted by Gasteiger charge is -2.21. The molecule has 0 radical (unpaired) electrons. The molecule has 0 spiro atoms. The Kier molecular flexibility index (Phi) is 11.6. The zero-order chi connectivity index (χ0) is 49.4. The highest BCUT2D eigenvalue weighted by atomic mass is 32.1. The standard InChI is InChI=1S/C69H46N4S/c74-65-33-19-17-30-58(65)53-38-39-64-62(43-53)59-31-16-18-32-63(59)73(64)66-60(50-26-12-4-13-27-50)44-57(45-61(66)51-28-14-5-15-29-51)69-71-67(52-36-34-49(35-37-52)46-20-6-1-7-21-46)70-68(72-69)56-41-54(47-22-8-2-9-23-47)40-55(42-56)48-24-10-3-11-25-48/h1-45,74H. The number of para-hydroxylation sites is 1. The van der Waals surface area contributed by atoms with Crippen molar-refractivity contribution in [2.24, 2.45) is 0 Å². The van der Waals surface area contributed by atoms with E-state index in [1.807, 2.05) is 12.1 Å². The molecule has 0 bridgehead atoms. The van der Waals surface area contributed by atoms with E-state index < -0.39 is 0 Å². The van der Waals surface area contributed by atoms with Crippen LogP contribution >= 0.6 is 12.6 Å². The van der Waals surface area contributed by atoms with Crippen molar-refractivity contribution < 1.29 is 0 Å². The van der Waals surface area contributed by atoms with Crippen LogP contribution in [0.1, 0.15) is 0 Å². The second-order valence-electron chi connectivity index (χ2n) is 18.5. The molecule has 0 aliphatic heterocycles. The predicted octanol–water partition coefficient (Wildman–Crippen LogP) is 18.3. The summed E-state index contributed by atoms with van der Waals surface area (Å²) < 4.78 is 2.45. The van der Waals surface area contributed by atoms with Gasteiger partial charge in [0.1, 0.15) is 0 Å². The molecule has 13 rings (SSSR count). The molecule has 0 saturated carbocycles. The van der Waals surface area contributed by atoms with E-state index in [2.05, 4.69) is 265 Å². The monoisotopic (exact) mass is 962 g/mol. The summed E-state index contributed by atoms with van der Waals surface area (Å²) in [5.41, 5.74) is 19.0. The maximum absolute atomic E-state index is 5.51. The lowest BCUT2D eigenvalue weighted by molar-refractivity contribution is 1.07. The van der Waals surface area contributed by atoms with Crippen LogP contribution < -0.4 is 0 Å². The number of thiol groups is 1. The number of hydrogen-bond donors (Lipinski definition) is 1. The predicted molar refractivity (Wildman–Crippen MR) is 310 cm³/mol. The number of benzene rings is 11. The van der Waals surface area contributed by atoms with Gasteiger partial charge in [-0.15, -0.1) is 12.6 Å². The van der Waals surface area contributed by atoms with Gasteiger partial charge in [0.25, 0.3) is 0 Å². The van der Waals surface area contributed by atoms with Crippen molar-refractivity contribution in [2.75, 3.05) is 0 Å². The normalized spacial score (nSPS) is 11.3. The minimum absolute atomic E-state index is 0.571. The summed E-state index contributed by atoms with van der Waals surface area (Å²) in [6, 6.07) is 96.6. The van der Waals surface area contributed by atoms with Crippen LogP contribution in [0.25, 0.3) is 128 Å². The third-order valence-corrected chi connectivity index (χ3v) is 14.3. The summed E-state index contributed by atoms with van der Waals surface area (Å²) in [6.45, 7) is 0. The summed E-state index contributed by atoms with van der Waals surface area (Å²) >= 11 is 4.88. The summed E-state index contributed by atoms with van der Waals surface area (Å²) in [5, 5.41) is 2.33. The topological polar surface area (TPSA) is 43.6 Å². The Morgan fingerprint density at radius 3 is 1.16 bits per heavy atom. The van der Waals surface area contributed by atoms with E-state index in [1.165, 1.54) is 5.39 Å². The number of fused-ring (bicyclic) bond motifs is 3. The smallest absolute Gasteiger partial charge is 0.164 e. The first kappa shape index (κ1) is 44.5. The molecule has 11 aromatic carbocycles. The Bertz CT molecular complexity index is 4040. The van der Waals surface area contributed by atoms with E-state index in [4.69, 9.17) is 27.6 Å². The highest BCUT2D eigenvalue weighted by Gasteiger charge is 2.24. The number of hydrogen-bond acceptors (Lipinski definition) is 4. The number of aromatic nitrogens is 4. The minimum atomic E-state index is 0.571. The molecule has 0 amide bonds. The van der Waals surface area contributed by atoms with Gasteiger partial charge in [-0.25, -0.2) is 15.0 Å². The Hall–Kier alpha value is -9.42. The Balaban J connectivity index is 1.08. The lowest BCUT2D eigenvalue weighted by atomic mass is 9.92. The molecule has 5 heteroatoms. The zero-order valence-corrected chi connectivity index (χ0v) is 41.1. The van der Waals surface area contributed by atoms with Crippen molar-refractivity contribution in [3.63, 3.8) is 0 Å². The lowest BCUT2D eigenvalue weighted by Crippen LogP contribution is -2.04. The van der Waals surface area contributed by atoms with Crippen LogP contribution in [0.3, 0.4) is 0 Å². The van der Waals surface area contributed by atoms with Gasteiger partial charge in [0.05, 0.1) is 16.7 Å². The van der Waals surface area contributed by atoms with Gasteiger partial charge in [-0.05, 0) is 110 Å². The van der Waals surface area contributed by atoms with Gasteiger partial charge in [0.15, 0.2) is 17.5 Å². The Morgan fingerprint density at radius 1 is 0.243 bits per heavy atom. The quantitative estimate of drug-likeness (QED) is 0.139. The van der Waals surface area contributed by atoms with Crippen LogP contribution in [0.15, 0.2) is 278 Å². The summed E-state index contributed by atoms with van der Waals surface area (Å²) in [7, 11) is 0. The van der Waals surface area contributed by atoms with Crippen molar-refractivity contribution in [1.29, 1.82) is 0 Å². The number of nitrogens with zero attached hydrogens (tertiary/aromatic N) is 4. The molecule has 0 unspecified atom stereocenters. The van der Waals surface area contributed by atoms with E-state index in [-0.39, 0.29) is 0 Å². The second-order valence-corrected chi connectivity index (χ2v) is 19.0. The average Bonchev–Trinajstić information content (AvgIpc) is 3.84. The van der Waals surface area contributed by atoms with Gasteiger partial charge < -0.3 is 4.57 Å². The summed E-state index contributed by atoms with van der Waals surface area (Å²) in [6.07, 6.45) is 0. The van der Waals surface area contributed by atoms with Gasteiger partial charge in [-0.3, -0.25) is 0 Å². The molecule has 0 N–H and O–H groups in total. The second kappa shape index (κ2) is 19.3. The molecule has 4 nitrogen and oxygen atoms in total. The van der Waals surface area contributed by atoms with Gasteiger partial charge >= 0.3 is 0 Å². The van der Waals surface area contributed by atoms with Crippen molar-refractivity contribution in [2.45, 2.75) is 4.90 Å². The number of rotatable bonds is 10. The fourth-order valence-corrected chi connectivity index (χ4v) is 10.6. The van der Waals surface area contributed by atoms with Crippen LogP contribution in [0, 0.1) is 0 Å². The van der Waals surface area contributed by atoms with Crippen LogP contribution in [-0.4, -0.2) is 19.5 Å². The van der Waals surface area contributed by atoms with E-state index in [0.717, 1.165) is 110 Å². The molecular formula is C69H46N4S. The van der Waals surface area contributed by atoms with Gasteiger partial charge in [-0.2, -0.15) is 0 Å². The van der Waals surface area contributed by atoms with Crippen molar-refractivity contribution >= 4 is 34.4 Å². The summed E-state index contributed by atoms with van der Waals surface area (Å²) in [4.78, 5) is 17.2. The first-order valence-electron chi connectivity index (χ1n) is 24.9. The third kappa shape index (κ3) is 8.45. The molecule has 348 valence electrons. The molecule has 2 heterocycles. The van der Waals surface area contributed by atoms with Crippen LogP contribution in [0.5, 0.6) is 0 Å². The molecule has 0 aliphatic rings. The van der Waals surface area contributed by atoms with Crippen LogP contribution in [0.4, 0.5) is 0 Å². The molecule has 74 heavy (non-hydrogen) atoms. The fourth-order valence-electron chi connectivity index (χ4n) is 10.3. The van der Waals surface area contributed by atoms with Crippen LogP contribution in [-0.2, 0) is 0 Å². The minimum Gasteiger partial charge on any atom is -0.308 e. The van der Waals surface area contributed by atoms with E-state index in [9.17, 15) is 0 Å². The summed E-state index contributed by atoms with van der Waals surface area (Å²) in [5.74, 6) is 1.74. The highest BCUT2D eigenvalue weighted by Crippen LogP contribution is 2.45. The zero-order valence-electron chi connectivity index (χ0n) is 40.2. The Labute approximate surface area is 436 Å². The molecule has 2 aromatic heterocycles. The maximum Gasteiger partial charge on any atom is 0.164 e. The highest BCUT2D eigenvalue weighted by molar-refractivity contribution is 7.80. The molecule has 0 fully saturated rings. The molecule has 0 atom stereocenters. The molecule has 0 aliphatic carbocycles. The van der Waals surface area contributed by atoms with Gasteiger partial charge in [0.2, 0.25) is 0 Å². The van der Waals surface area contributed by atoms with E-state index in [1.54, 1.807) is 0 Å².